The minimum atomic E-state index is -0.942. The Morgan fingerprint density at radius 1 is 1.15 bits per heavy atom. The summed E-state index contributed by atoms with van der Waals surface area (Å²) in [5.41, 5.74) is 0.229. The van der Waals surface area contributed by atoms with E-state index in [1.165, 1.54) is 15.2 Å². The van der Waals surface area contributed by atoms with Crippen LogP contribution in [0.2, 0.25) is 5.02 Å². The van der Waals surface area contributed by atoms with E-state index in [0.29, 0.717) is 5.69 Å². The summed E-state index contributed by atoms with van der Waals surface area (Å²) in [4.78, 5) is 38.1. The number of nitrogens with one attached hydrogen (secondary N) is 3. The maximum Gasteiger partial charge on any atom is 0.333 e. The van der Waals surface area contributed by atoms with Crippen molar-refractivity contribution in [3.8, 4) is 5.69 Å². The molecule has 1 aromatic carbocycles. The normalized spacial score (nSPS) is 20.0. The molecule has 1 aliphatic carbocycles. The number of benzene rings is 1. The van der Waals surface area contributed by atoms with Gasteiger partial charge in [0.1, 0.15) is 12.8 Å². The number of halogens is 1. The van der Waals surface area contributed by atoms with E-state index in [2.05, 4.69) is 16.0 Å². The highest BCUT2D eigenvalue weighted by atomic mass is 35.5. The summed E-state index contributed by atoms with van der Waals surface area (Å²) >= 11 is 6.28. The van der Waals surface area contributed by atoms with Gasteiger partial charge in [-0.2, -0.15) is 0 Å². The molecule has 184 valence electrons. The minimum Gasteiger partial charge on any atom is -0.373 e. The van der Waals surface area contributed by atoms with Gasteiger partial charge in [-0.1, -0.05) is 37.3 Å². The highest BCUT2D eigenvalue weighted by molar-refractivity contribution is 6.33. The Balaban J connectivity index is 1.45. The van der Waals surface area contributed by atoms with E-state index in [0.717, 1.165) is 58.0 Å². The van der Waals surface area contributed by atoms with Crippen LogP contribution in [0.15, 0.2) is 35.4 Å². The second-order valence-electron chi connectivity index (χ2n) is 9.17. The molecule has 10 heteroatoms. The van der Waals surface area contributed by atoms with Gasteiger partial charge in [-0.15, -0.1) is 0 Å². The Labute approximate surface area is 203 Å². The Bertz CT molecular complexity index is 1070. The molecule has 2 heterocycles. The third-order valence-corrected chi connectivity index (χ3v) is 7.01. The maximum absolute atomic E-state index is 12.9. The molecule has 1 aliphatic heterocycles. The van der Waals surface area contributed by atoms with Gasteiger partial charge in [0, 0.05) is 30.9 Å². The van der Waals surface area contributed by atoms with Crippen molar-refractivity contribution >= 4 is 23.4 Å². The molecular formula is C24H32ClN5O4. The smallest absolute Gasteiger partial charge is 0.333 e. The maximum atomic E-state index is 12.9. The summed E-state index contributed by atoms with van der Waals surface area (Å²) in [7, 11) is 0. The van der Waals surface area contributed by atoms with Gasteiger partial charge in [0.2, 0.25) is 5.91 Å². The molecule has 0 spiro atoms. The quantitative estimate of drug-likeness (QED) is 0.349. The van der Waals surface area contributed by atoms with E-state index in [4.69, 9.17) is 11.6 Å². The fourth-order valence-corrected chi connectivity index (χ4v) is 4.93. The topological polar surface area (TPSA) is 117 Å². The second-order valence-corrected chi connectivity index (χ2v) is 9.58. The van der Waals surface area contributed by atoms with Gasteiger partial charge in [0.05, 0.1) is 16.3 Å². The van der Waals surface area contributed by atoms with Gasteiger partial charge in [0.25, 0.3) is 5.91 Å². The van der Waals surface area contributed by atoms with Crippen molar-refractivity contribution in [1.82, 2.24) is 25.1 Å². The molecule has 34 heavy (non-hydrogen) atoms. The number of aliphatic hydroxyl groups is 1. The first-order valence-corrected chi connectivity index (χ1v) is 12.4. The molecule has 4 N–H and O–H groups in total. The number of hydrogen-bond acceptors (Lipinski definition) is 5. The number of aromatic nitrogens is 2. The number of rotatable bonds is 7. The molecule has 4 rings (SSSR count). The number of hydrogen-bond donors (Lipinski definition) is 4. The molecule has 2 aliphatic rings. The molecule has 2 atom stereocenters. The molecule has 2 unspecified atom stereocenters. The van der Waals surface area contributed by atoms with Crippen molar-refractivity contribution in [2.45, 2.75) is 63.8 Å². The summed E-state index contributed by atoms with van der Waals surface area (Å²) < 4.78 is 2.68. The highest BCUT2D eigenvalue weighted by Crippen LogP contribution is 2.25. The summed E-state index contributed by atoms with van der Waals surface area (Å²) in [6.07, 6.45) is 9.17. The summed E-state index contributed by atoms with van der Waals surface area (Å²) in [6.45, 7) is 1.51. The van der Waals surface area contributed by atoms with Crippen LogP contribution in [0, 0.1) is 5.92 Å². The number of carbonyl (C=O) groups is 2. The summed E-state index contributed by atoms with van der Waals surface area (Å²) in [5.74, 6) is -0.686. The lowest BCUT2D eigenvalue weighted by Crippen LogP contribution is -2.40. The fourth-order valence-electron chi connectivity index (χ4n) is 4.73. The van der Waals surface area contributed by atoms with Crippen molar-refractivity contribution < 1.29 is 14.7 Å². The zero-order valence-corrected chi connectivity index (χ0v) is 19.9. The second kappa shape index (κ2) is 11.2. The minimum absolute atomic E-state index is 0.0243. The first-order valence-electron chi connectivity index (χ1n) is 12.0. The number of imidazole rings is 1. The van der Waals surface area contributed by atoms with Gasteiger partial charge in [-0.3, -0.25) is 18.7 Å². The monoisotopic (exact) mass is 489 g/mol. The Morgan fingerprint density at radius 2 is 1.91 bits per heavy atom. The molecule has 2 amide bonds. The lowest BCUT2D eigenvalue weighted by atomic mass is 9.98. The molecule has 9 nitrogen and oxygen atoms in total. The predicted molar refractivity (Wildman–Crippen MR) is 129 cm³/mol. The average Bonchev–Trinajstić information content (AvgIpc) is 3.34. The van der Waals surface area contributed by atoms with E-state index in [1.807, 2.05) is 0 Å². The summed E-state index contributed by atoms with van der Waals surface area (Å²) in [5, 5.41) is 19.6. The van der Waals surface area contributed by atoms with Gasteiger partial charge < -0.3 is 21.1 Å². The lowest BCUT2D eigenvalue weighted by molar-refractivity contribution is -0.122. The van der Waals surface area contributed by atoms with Crippen molar-refractivity contribution in [1.29, 1.82) is 0 Å². The standard InChI is InChI=1S/C24H32ClN5O4/c25-20-8-7-18(13-19(20)23(33)28-22(32)16-5-3-1-2-4-6-16)30-12-11-29(24(30)34)15-21(31)27-17-9-10-26-14-17/h7-8,11-13,16-17,22,26,32H,1-6,9-10,14-15H2,(H,27,31)(H,28,33). The van der Waals surface area contributed by atoms with Gasteiger partial charge in [-0.05, 0) is 44.0 Å². The number of nitrogens with zero attached hydrogens (tertiary/aromatic N) is 2. The van der Waals surface area contributed by atoms with Crippen molar-refractivity contribution in [2.75, 3.05) is 13.1 Å². The third-order valence-electron chi connectivity index (χ3n) is 6.68. The van der Waals surface area contributed by atoms with Crippen LogP contribution in [0.1, 0.15) is 55.3 Å². The van der Waals surface area contributed by atoms with Crippen LogP contribution < -0.4 is 21.6 Å². The third kappa shape index (κ3) is 5.89. The molecule has 1 saturated carbocycles. The molecule has 0 bridgehead atoms. The Hall–Kier alpha value is -2.62. The number of aliphatic hydroxyl groups excluding tert-OH is 1. The van der Waals surface area contributed by atoms with Crippen molar-refractivity contribution in [3.63, 3.8) is 0 Å². The van der Waals surface area contributed by atoms with Crippen LogP contribution in [-0.2, 0) is 11.3 Å². The van der Waals surface area contributed by atoms with E-state index in [9.17, 15) is 19.5 Å². The Morgan fingerprint density at radius 3 is 2.62 bits per heavy atom. The van der Waals surface area contributed by atoms with E-state index < -0.39 is 17.8 Å². The molecule has 2 aromatic rings. The van der Waals surface area contributed by atoms with Crippen LogP contribution in [0.4, 0.5) is 0 Å². The molecule has 2 fully saturated rings. The SMILES string of the molecule is O=C(Cn1ccn(-c2ccc(Cl)c(C(=O)NC(O)C3CCCCCC3)c2)c1=O)NC1CCNC1. The largest absolute Gasteiger partial charge is 0.373 e. The first kappa shape index (κ1) is 24.5. The van der Waals surface area contributed by atoms with Crippen molar-refractivity contribution in [3.05, 3.63) is 51.7 Å². The van der Waals surface area contributed by atoms with Crippen molar-refractivity contribution in [2.24, 2.45) is 5.92 Å². The van der Waals surface area contributed by atoms with Gasteiger partial charge in [0.15, 0.2) is 0 Å². The zero-order valence-electron chi connectivity index (χ0n) is 19.1. The summed E-state index contributed by atoms with van der Waals surface area (Å²) in [6, 6.07) is 4.79. The van der Waals surface area contributed by atoms with Crippen LogP contribution in [0.5, 0.6) is 0 Å². The van der Waals surface area contributed by atoms with Gasteiger partial charge in [-0.25, -0.2) is 4.79 Å². The predicted octanol–water partition coefficient (Wildman–Crippen LogP) is 1.79. The number of carbonyl (C=O) groups excluding carboxylic acids is 2. The van der Waals surface area contributed by atoms with Crippen LogP contribution >= 0.6 is 11.6 Å². The van der Waals surface area contributed by atoms with E-state index >= 15 is 0 Å². The fraction of sp³-hybridized carbons (Fsp3) is 0.542. The van der Waals surface area contributed by atoms with Crippen LogP contribution in [-0.4, -0.2) is 51.4 Å². The van der Waals surface area contributed by atoms with E-state index in [-0.39, 0.29) is 35.0 Å². The number of amides is 2. The molecule has 1 saturated heterocycles. The van der Waals surface area contributed by atoms with Crippen LogP contribution in [0.25, 0.3) is 5.69 Å². The average molecular weight is 490 g/mol. The lowest BCUT2D eigenvalue weighted by Gasteiger charge is -2.22. The van der Waals surface area contributed by atoms with Gasteiger partial charge >= 0.3 is 5.69 Å². The first-order chi connectivity index (χ1) is 16.4. The van der Waals surface area contributed by atoms with E-state index in [1.54, 1.807) is 24.5 Å². The van der Waals surface area contributed by atoms with Crippen LogP contribution in [0.3, 0.4) is 0 Å². The molecule has 1 aromatic heterocycles. The molecular weight excluding hydrogens is 458 g/mol. The highest BCUT2D eigenvalue weighted by Gasteiger charge is 2.24. The molecule has 0 radical (unpaired) electrons. The Kier molecular flexibility index (Phi) is 8.07. The zero-order chi connectivity index (χ0) is 24.1.